The number of benzene rings is 2. The fourth-order valence-electron chi connectivity index (χ4n) is 2.73. The second kappa shape index (κ2) is 10.1. The fraction of sp³-hybridized carbons (Fsp3) is 0.0909. The minimum atomic E-state index is -0.419. The molecule has 0 atom stereocenters. The Labute approximate surface area is 188 Å². The van der Waals surface area contributed by atoms with E-state index in [1.807, 2.05) is 0 Å². The Kier molecular flexibility index (Phi) is 7.23. The van der Waals surface area contributed by atoms with Crippen molar-refractivity contribution in [3.8, 4) is 11.5 Å². The molecule has 0 fully saturated rings. The first-order chi connectivity index (χ1) is 14.9. The van der Waals surface area contributed by atoms with Gasteiger partial charge in [0.2, 0.25) is 5.91 Å². The fourth-order valence-corrected chi connectivity index (χ4v) is 3.32. The number of methoxy groups -OCH3 is 2. The quantitative estimate of drug-likeness (QED) is 0.453. The predicted molar refractivity (Wildman–Crippen MR) is 120 cm³/mol. The zero-order valence-electron chi connectivity index (χ0n) is 16.6. The highest BCUT2D eigenvalue weighted by Gasteiger charge is 2.13. The van der Waals surface area contributed by atoms with Crippen LogP contribution in [-0.2, 0) is 4.79 Å². The smallest absolute Gasteiger partial charge is 0.291 e. The average Bonchev–Trinajstić information content (AvgIpc) is 3.28. The standard InChI is InChI=1S/C22H18Cl2N2O5/c1-29-19-12-15(6-7-17(19)26-22(28)18-4-3-9-31-18)25-20(27)8-5-13-10-14(23)11-16(24)21(13)30-2/h3-12H,1-2H3,(H,25,27)(H,26,28)/b8-5+. The molecule has 0 aliphatic heterocycles. The van der Waals surface area contributed by atoms with Crippen LogP contribution in [0.15, 0.2) is 59.2 Å². The number of nitrogens with one attached hydrogen (secondary N) is 2. The van der Waals surface area contributed by atoms with Crippen LogP contribution in [0.3, 0.4) is 0 Å². The zero-order valence-corrected chi connectivity index (χ0v) is 18.1. The molecule has 0 saturated carbocycles. The summed E-state index contributed by atoms with van der Waals surface area (Å²) < 4.78 is 15.6. The molecule has 0 aliphatic carbocycles. The number of halogens is 2. The lowest BCUT2D eigenvalue weighted by Crippen LogP contribution is -2.12. The zero-order chi connectivity index (χ0) is 22.4. The van der Waals surface area contributed by atoms with Gasteiger partial charge >= 0.3 is 0 Å². The number of amides is 2. The lowest BCUT2D eigenvalue weighted by atomic mass is 10.2. The number of rotatable bonds is 7. The van der Waals surface area contributed by atoms with Crippen molar-refractivity contribution in [2.75, 3.05) is 24.9 Å². The number of hydrogen-bond donors (Lipinski definition) is 2. The summed E-state index contributed by atoms with van der Waals surface area (Å²) in [6.07, 6.45) is 4.27. The van der Waals surface area contributed by atoms with Crippen LogP contribution in [-0.4, -0.2) is 26.0 Å². The van der Waals surface area contributed by atoms with E-state index < -0.39 is 11.8 Å². The van der Waals surface area contributed by atoms with Crippen molar-refractivity contribution in [2.24, 2.45) is 0 Å². The van der Waals surface area contributed by atoms with Crippen LogP contribution in [0.5, 0.6) is 11.5 Å². The summed E-state index contributed by atoms with van der Waals surface area (Å²) in [7, 11) is 2.93. The number of hydrogen-bond acceptors (Lipinski definition) is 5. The number of anilines is 2. The van der Waals surface area contributed by atoms with E-state index in [2.05, 4.69) is 10.6 Å². The average molecular weight is 461 g/mol. The molecule has 31 heavy (non-hydrogen) atoms. The molecular formula is C22H18Cl2N2O5. The van der Waals surface area contributed by atoms with Gasteiger partial charge in [-0.15, -0.1) is 0 Å². The van der Waals surface area contributed by atoms with Crippen molar-refractivity contribution in [1.82, 2.24) is 0 Å². The summed E-state index contributed by atoms with van der Waals surface area (Å²) in [6.45, 7) is 0. The van der Waals surface area contributed by atoms with Gasteiger partial charge in [-0.25, -0.2) is 0 Å². The number of carbonyl (C=O) groups excluding carboxylic acids is 2. The molecule has 0 spiro atoms. The van der Waals surface area contributed by atoms with Crippen molar-refractivity contribution in [3.05, 3.63) is 76.2 Å². The maximum Gasteiger partial charge on any atom is 0.291 e. The molecule has 9 heteroatoms. The third kappa shape index (κ3) is 5.59. The highest BCUT2D eigenvalue weighted by Crippen LogP contribution is 2.33. The molecule has 0 radical (unpaired) electrons. The Morgan fingerprint density at radius 3 is 2.52 bits per heavy atom. The molecule has 0 aliphatic rings. The summed E-state index contributed by atoms with van der Waals surface area (Å²) in [4.78, 5) is 24.5. The maximum atomic E-state index is 12.3. The summed E-state index contributed by atoms with van der Waals surface area (Å²) in [5, 5.41) is 6.17. The van der Waals surface area contributed by atoms with Crippen LogP contribution < -0.4 is 20.1 Å². The lowest BCUT2D eigenvalue weighted by molar-refractivity contribution is -0.111. The van der Waals surface area contributed by atoms with E-state index in [0.29, 0.717) is 38.5 Å². The lowest BCUT2D eigenvalue weighted by Gasteiger charge is -2.11. The first kappa shape index (κ1) is 22.3. The first-order valence-electron chi connectivity index (χ1n) is 8.96. The van der Waals surface area contributed by atoms with Gasteiger partial charge < -0.3 is 24.5 Å². The normalized spacial score (nSPS) is 10.7. The van der Waals surface area contributed by atoms with Crippen LogP contribution in [0.1, 0.15) is 16.1 Å². The van der Waals surface area contributed by atoms with Crippen LogP contribution >= 0.6 is 23.2 Å². The number of furan rings is 1. The van der Waals surface area contributed by atoms with Crippen LogP contribution in [0.2, 0.25) is 10.0 Å². The van der Waals surface area contributed by atoms with Crippen LogP contribution in [0.25, 0.3) is 6.08 Å². The third-order valence-corrected chi connectivity index (χ3v) is 4.62. The molecule has 1 aromatic heterocycles. The molecule has 1 heterocycles. The Morgan fingerprint density at radius 1 is 1.03 bits per heavy atom. The molecule has 3 rings (SSSR count). The van der Waals surface area contributed by atoms with Crippen molar-refractivity contribution in [1.29, 1.82) is 0 Å². The molecular weight excluding hydrogens is 443 g/mol. The van der Waals surface area contributed by atoms with Gasteiger partial charge in [-0.3, -0.25) is 9.59 Å². The molecule has 0 unspecified atom stereocenters. The van der Waals surface area contributed by atoms with Gasteiger partial charge in [0.05, 0.1) is 31.2 Å². The van der Waals surface area contributed by atoms with Gasteiger partial charge in [-0.05, 0) is 42.5 Å². The van der Waals surface area contributed by atoms with Crippen molar-refractivity contribution < 1.29 is 23.5 Å². The highest BCUT2D eigenvalue weighted by molar-refractivity contribution is 6.36. The van der Waals surface area contributed by atoms with Gasteiger partial charge in [0, 0.05) is 28.4 Å². The van der Waals surface area contributed by atoms with Gasteiger partial charge in [0.15, 0.2) is 5.76 Å². The van der Waals surface area contributed by atoms with Crippen molar-refractivity contribution >= 4 is 52.5 Å². The minimum absolute atomic E-state index is 0.168. The predicted octanol–water partition coefficient (Wildman–Crippen LogP) is 5.51. The van der Waals surface area contributed by atoms with Crippen molar-refractivity contribution in [3.63, 3.8) is 0 Å². The van der Waals surface area contributed by atoms with Gasteiger partial charge in [-0.1, -0.05) is 23.2 Å². The Hall–Kier alpha value is -3.42. The molecule has 2 aromatic carbocycles. The second-order valence-corrected chi connectivity index (χ2v) is 7.02. The van der Waals surface area contributed by atoms with E-state index in [1.54, 1.807) is 48.5 Å². The monoisotopic (exact) mass is 460 g/mol. The summed E-state index contributed by atoms with van der Waals surface area (Å²) in [5.41, 5.74) is 1.46. The van der Waals surface area contributed by atoms with E-state index >= 15 is 0 Å². The van der Waals surface area contributed by atoms with E-state index in [9.17, 15) is 9.59 Å². The molecule has 0 saturated heterocycles. The largest absolute Gasteiger partial charge is 0.495 e. The maximum absolute atomic E-state index is 12.3. The number of ether oxygens (including phenoxy) is 2. The van der Waals surface area contributed by atoms with Crippen LogP contribution in [0, 0.1) is 0 Å². The van der Waals surface area contributed by atoms with Crippen molar-refractivity contribution in [2.45, 2.75) is 0 Å². The third-order valence-electron chi connectivity index (χ3n) is 4.12. The molecule has 2 N–H and O–H groups in total. The van der Waals surface area contributed by atoms with Gasteiger partial charge in [0.25, 0.3) is 5.91 Å². The Balaban J connectivity index is 1.72. The van der Waals surface area contributed by atoms with E-state index in [-0.39, 0.29) is 5.76 Å². The highest BCUT2D eigenvalue weighted by atomic mass is 35.5. The van der Waals surface area contributed by atoms with E-state index in [0.717, 1.165) is 0 Å². The molecule has 160 valence electrons. The van der Waals surface area contributed by atoms with Gasteiger partial charge in [0.1, 0.15) is 11.5 Å². The SMILES string of the molecule is COc1cc(NC(=O)/C=C/c2cc(Cl)cc(Cl)c2OC)ccc1NC(=O)c1ccco1. The van der Waals surface area contributed by atoms with Gasteiger partial charge in [-0.2, -0.15) is 0 Å². The van der Waals surface area contributed by atoms with E-state index in [1.165, 1.54) is 26.6 Å². The number of carbonyl (C=O) groups is 2. The summed E-state index contributed by atoms with van der Waals surface area (Å²) in [5.74, 6) is 0.129. The topological polar surface area (TPSA) is 89.8 Å². The molecule has 0 bridgehead atoms. The summed E-state index contributed by atoms with van der Waals surface area (Å²) >= 11 is 12.1. The molecule has 7 nitrogen and oxygen atoms in total. The Bertz CT molecular complexity index is 1130. The van der Waals surface area contributed by atoms with Crippen LogP contribution in [0.4, 0.5) is 11.4 Å². The van der Waals surface area contributed by atoms with E-state index in [4.69, 9.17) is 37.1 Å². The second-order valence-electron chi connectivity index (χ2n) is 6.18. The first-order valence-corrected chi connectivity index (χ1v) is 9.72. The molecule has 2 amide bonds. The Morgan fingerprint density at radius 2 is 1.84 bits per heavy atom. The molecule has 3 aromatic rings. The summed E-state index contributed by atoms with van der Waals surface area (Å²) in [6, 6.07) is 11.2. The minimum Gasteiger partial charge on any atom is -0.495 e.